The molecule has 2 N–H and O–H groups in total. The second kappa shape index (κ2) is 6.79. The number of rotatable bonds is 5. The molecule has 3 unspecified atom stereocenters. The van der Waals surface area contributed by atoms with Gasteiger partial charge in [0.1, 0.15) is 11.5 Å². The third kappa shape index (κ3) is 3.29. The minimum absolute atomic E-state index is 0.219. The number of benzene rings is 1. The predicted molar refractivity (Wildman–Crippen MR) is 88.6 cm³/mol. The highest BCUT2D eigenvalue weighted by Crippen LogP contribution is 2.37. The van der Waals surface area contributed by atoms with E-state index in [4.69, 9.17) is 15.2 Å². The van der Waals surface area contributed by atoms with E-state index in [0.717, 1.165) is 36.6 Å². The molecule has 0 radical (unpaired) electrons. The lowest BCUT2D eigenvalue weighted by molar-refractivity contribution is -0.130. The van der Waals surface area contributed by atoms with E-state index < -0.39 is 0 Å². The van der Waals surface area contributed by atoms with Crippen molar-refractivity contribution < 1.29 is 14.3 Å². The number of hydrogen-bond acceptors (Lipinski definition) is 4. The van der Waals surface area contributed by atoms with Crippen LogP contribution < -0.4 is 15.2 Å². The second-order valence-corrected chi connectivity index (χ2v) is 6.64. The first-order chi connectivity index (χ1) is 11.1. The fourth-order valence-electron chi connectivity index (χ4n) is 3.99. The minimum atomic E-state index is 0.219. The van der Waals surface area contributed by atoms with Crippen LogP contribution in [0.15, 0.2) is 18.2 Å². The molecule has 3 rings (SSSR count). The third-order valence-electron chi connectivity index (χ3n) is 5.36. The highest BCUT2D eigenvalue weighted by atomic mass is 16.5. The Balaban J connectivity index is 1.59. The first-order valence-electron chi connectivity index (χ1n) is 8.36. The minimum Gasteiger partial charge on any atom is -0.497 e. The van der Waals surface area contributed by atoms with E-state index in [2.05, 4.69) is 0 Å². The Morgan fingerprint density at radius 2 is 2.09 bits per heavy atom. The number of methoxy groups -OCH3 is 2. The van der Waals surface area contributed by atoms with Crippen molar-refractivity contribution in [2.75, 3.05) is 27.3 Å². The molecule has 1 aromatic carbocycles. The van der Waals surface area contributed by atoms with E-state index >= 15 is 0 Å². The molecule has 5 nitrogen and oxygen atoms in total. The van der Waals surface area contributed by atoms with Crippen LogP contribution >= 0.6 is 0 Å². The van der Waals surface area contributed by atoms with Gasteiger partial charge in [0.15, 0.2) is 0 Å². The molecule has 0 spiro atoms. The molecule has 1 aliphatic heterocycles. The van der Waals surface area contributed by atoms with Crippen molar-refractivity contribution in [1.29, 1.82) is 0 Å². The summed E-state index contributed by atoms with van der Waals surface area (Å²) in [6.07, 6.45) is 3.44. The van der Waals surface area contributed by atoms with Crippen LogP contribution in [-0.4, -0.2) is 44.2 Å². The van der Waals surface area contributed by atoms with E-state index in [1.807, 2.05) is 23.1 Å². The van der Waals surface area contributed by atoms with Gasteiger partial charge < -0.3 is 20.1 Å². The standard InChI is InChI=1S/C18H26N2O3/c1-22-14-5-7-17(23-2)12(9-14)4-8-18(21)20-10-13-3-6-16(19)15(13)11-20/h5,7,9,13,15-16H,3-4,6,8,10-11,19H2,1-2H3. The molecule has 0 aromatic heterocycles. The number of ether oxygens (including phenoxy) is 2. The fourth-order valence-corrected chi connectivity index (χ4v) is 3.99. The summed E-state index contributed by atoms with van der Waals surface area (Å²) in [6, 6.07) is 5.97. The second-order valence-electron chi connectivity index (χ2n) is 6.64. The molecule has 1 aromatic rings. The quantitative estimate of drug-likeness (QED) is 0.899. The number of carbonyl (C=O) groups is 1. The topological polar surface area (TPSA) is 64.8 Å². The van der Waals surface area contributed by atoms with Gasteiger partial charge in [0.25, 0.3) is 0 Å². The van der Waals surface area contributed by atoms with Gasteiger partial charge in [0.2, 0.25) is 5.91 Å². The number of fused-ring (bicyclic) bond motifs is 1. The van der Waals surface area contributed by atoms with Crippen LogP contribution in [0.2, 0.25) is 0 Å². The van der Waals surface area contributed by atoms with Crippen LogP contribution in [-0.2, 0) is 11.2 Å². The van der Waals surface area contributed by atoms with Crippen molar-refractivity contribution in [2.24, 2.45) is 17.6 Å². The van der Waals surface area contributed by atoms with Gasteiger partial charge in [-0.25, -0.2) is 0 Å². The average molecular weight is 318 g/mol. The number of aryl methyl sites for hydroxylation is 1. The molecule has 1 saturated carbocycles. The van der Waals surface area contributed by atoms with Gasteiger partial charge in [-0.05, 0) is 54.9 Å². The van der Waals surface area contributed by atoms with Gasteiger partial charge >= 0.3 is 0 Å². The van der Waals surface area contributed by atoms with Crippen LogP contribution in [0.25, 0.3) is 0 Å². The summed E-state index contributed by atoms with van der Waals surface area (Å²) in [5.41, 5.74) is 7.16. The third-order valence-corrected chi connectivity index (χ3v) is 5.36. The molecule has 1 amide bonds. The average Bonchev–Trinajstić information content (AvgIpc) is 3.14. The van der Waals surface area contributed by atoms with Crippen molar-refractivity contribution in [2.45, 2.75) is 31.7 Å². The Kier molecular flexibility index (Phi) is 4.76. The molecule has 3 atom stereocenters. The van der Waals surface area contributed by atoms with Crippen LogP contribution in [0.5, 0.6) is 11.5 Å². The smallest absolute Gasteiger partial charge is 0.222 e. The van der Waals surface area contributed by atoms with Crippen LogP contribution in [0, 0.1) is 11.8 Å². The predicted octanol–water partition coefficient (Wildman–Crippen LogP) is 1.83. The summed E-state index contributed by atoms with van der Waals surface area (Å²) in [4.78, 5) is 14.5. The van der Waals surface area contributed by atoms with Crippen molar-refractivity contribution in [3.05, 3.63) is 23.8 Å². The van der Waals surface area contributed by atoms with E-state index in [-0.39, 0.29) is 11.9 Å². The monoisotopic (exact) mass is 318 g/mol. The van der Waals surface area contributed by atoms with E-state index in [1.54, 1.807) is 14.2 Å². The van der Waals surface area contributed by atoms with Crippen LogP contribution in [0.1, 0.15) is 24.8 Å². The van der Waals surface area contributed by atoms with Crippen molar-refractivity contribution >= 4 is 5.91 Å². The number of amides is 1. The summed E-state index contributed by atoms with van der Waals surface area (Å²) in [7, 11) is 3.29. The molecule has 2 fully saturated rings. The Morgan fingerprint density at radius 1 is 1.26 bits per heavy atom. The fraction of sp³-hybridized carbons (Fsp3) is 0.611. The maximum atomic E-state index is 12.5. The molecule has 1 saturated heterocycles. The molecule has 126 valence electrons. The maximum Gasteiger partial charge on any atom is 0.222 e. The Bertz CT molecular complexity index is 575. The summed E-state index contributed by atoms with van der Waals surface area (Å²) in [6.45, 7) is 1.71. The van der Waals surface area contributed by atoms with E-state index in [1.165, 1.54) is 6.42 Å². The van der Waals surface area contributed by atoms with Crippen LogP contribution in [0.4, 0.5) is 0 Å². The first kappa shape index (κ1) is 16.1. The molecule has 2 aliphatic rings. The zero-order valence-corrected chi connectivity index (χ0v) is 14.0. The largest absolute Gasteiger partial charge is 0.497 e. The van der Waals surface area contributed by atoms with Crippen molar-refractivity contribution in [1.82, 2.24) is 4.90 Å². The highest BCUT2D eigenvalue weighted by Gasteiger charge is 2.42. The lowest BCUT2D eigenvalue weighted by atomic mass is 9.98. The molecule has 23 heavy (non-hydrogen) atoms. The summed E-state index contributed by atoms with van der Waals surface area (Å²) >= 11 is 0. The zero-order valence-electron chi connectivity index (χ0n) is 14.0. The van der Waals surface area contributed by atoms with Crippen molar-refractivity contribution in [3.63, 3.8) is 0 Å². The van der Waals surface area contributed by atoms with E-state index in [0.29, 0.717) is 24.7 Å². The Hall–Kier alpha value is -1.75. The molecule has 5 heteroatoms. The van der Waals surface area contributed by atoms with Gasteiger partial charge in [-0.2, -0.15) is 0 Å². The molecule has 0 bridgehead atoms. The van der Waals surface area contributed by atoms with Crippen LogP contribution in [0.3, 0.4) is 0 Å². The zero-order chi connectivity index (χ0) is 16.4. The normalized spacial score (nSPS) is 26.2. The lowest BCUT2D eigenvalue weighted by Gasteiger charge is -2.19. The number of likely N-dealkylation sites (tertiary alicyclic amines) is 1. The van der Waals surface area contributed by atoms with Gasteiger partial charge in [-0.1, -0.05) is 0 Å². The molecule has 1 heterocycles. The Morgan fingerprint density at radius 3 is 2.78 bits per heavy atom. The Labute approximate surface area is 137 Å². The SMILES string of the molecule is COc1ccc(OC)c(CCC(=O)N2CC3CCC(N)C3C2)c1. The summed E-state index contributed by atoms with van der Waals surface area (Å²) in [5, 5.41) is 0. The number of hydrogen-bond donors (Lipinski definition) is 1. The maximum absolute atomic E-state index is 12.5. The molecular weight excluding hydrogens is 292 g/mol. The number of nitrogens with zero attached hydrogens (tertiary/aromatic N) is 1. The molecular formula is C18H26N2O3. The lowest BCUT2D eigenvalue weighted by Crippen LogP contribution is -2.33. The van der Waals surface area contributed by atoms with E-state index in [9.17, 15) is 4.79 Å². The van der Waals surface area contributed by atoms with Gasteiger partial charge in [-0.15, -0.1) is 0 Å². The number of carbonyl (C=O) groups excluding carboxylic acids is 1. The van der Waals surface area contributed by atoms with Gasteiger partial charge in [-0.3, -0.25) is 4.79 Å². The summed E-state index contributed by atoms with van der Waals surface area (Å²) < 4.78 is 10.6. The number of nitrogens with two attached hydrogens (primary N) is 1. The highest BCUT2D eigenvalue weighted by molar-refractivity contribution is 5.77. The van der Waals surface area contributed by atoms with Crippen molar-refractivity contribution in [3.8, 4) is 11.5 Å². The first-order valence-corrected chi connectivity index (χ1v) is 8.36. The summed E-state index contributed by atoms with van der Waals surface area (Å²) in [5.74, 6) is 2.93. The molecule has 1 aliphatic carbocycles. The van der Waals surface area contributed by atoms with Gasteiger partial charge in [0.05, 0.1) is 14.2 Å². The van der Waals surface area contributed by atoms with Gasteiger partial charge in [0, 0.05) is 25.6 Å².